The van der Waals surface area contributed by atoms with E-state index in [0.29, 0.717) is 0 Å². The number of rotatable bonds is 7. The molecule has 1 heterocycles. The van der Waals surface area contributed by atoms with Crippen molar-refractivity contribution in [3.63, 3.8) is 0 Å². The second-order valence-electron chi connectivity index (χ2n) is 3.78. The highest BCUT2D eigenvalue weighted by Crippen LogP contribution is 2.34. The van der Waals surface area contributed by atoms with Crippen LogP contribution in [0.25, 0.3) is 10.4 Å². The first-order valence-electron chi connectivity index (χ1n) is 5.32. The molecule has 1 aromatic heterocycles. The fourth-order valence-electron chi connectivity index (χ4n) is 1.29. The number of nitrogens with two attached hydrogens (primary N) is 1. The maximum atomic E-state index is 11.5. The van der Waals surface area contributed by atoms with Crippen LogP contribution in [-0.2, 0) is 15.8 Å². The molecule has 1 atom stereocenters. The fourth-order valence-corrected chi connectivity index (χ4v) is 1.70. The molecular formula is C8H13N6O5P. The average Bonchev–Trinajstić information content (AvgIpc) is 2.34. The van der Waals surface area contributed by atoms with Crippen LogP contribution in [0.2, 0.25) is 0 Å². The quantitative estimate of drug-likeness (QED) is 0.267. The Morgan fingerprint density at radius 2 is 2.35 bits per heavy atom. The third-order valence-electron chi connectivity index (χ3n) is 2.12. The summed E-state index contributed by atoms with van der Waals surface area (Å²) in [5.41, 5.74) is 12.9. The van der Waals surface area contributed by atoms with Crippen molar-refractivity contribution in [2.75, 3.05) is 18.6 Å². The maximum absolute atomic E-state index is 11.5. The number of ether oxygens (including phenoxy) is 1. The first-order valence-corrected chi connectivity index (χ1v) is 7.11. The second-order valence-corrected chi connectivity index (χ2v) is 5.37. The van der Waals surface area contributed by atoms with E-state index in [1.165, 1.54) is 12.3 Å². The summed E-state index contributed by atoms with van der Waals surface area (Å²) < 4.78 is 16.8. The van der Waals surface area contributed by atoms with E-state index < -0.39 is 25.7 Å². The highest BCUT2D eigenvalue weighted by atomic mass is 31.2. The number of azide groups is 1. The van der Waals surface area contributed by atoms with Gasteiger partial charge < -0.3 is 20.3 Å². The van der Waals surface area contributed by atoms with E-state index in [1.54, 1.807) is 0 Å². The van der Waals surface area contributed by atoms with Gasteiger partial charge in [-0.15, -0.1) is 0 Å². The zero-order chi connectivity index (χ0) is 15.2. The van der Waals surface area contributed by atoms with Crippen molar-refractivity contribution in [2.24, 2.45) is 5.11 Å². The molecule has 0 unspecified atom stereocenters. The molecule has 0 saturated carbocycles. The lowest BCUT2D eigenvalue weighted by Crippen LogP contribution is -2.31. The number of hydrogen-bond donors (Lipinski definition) is 3. The molecule has 0 aliphatic carbocycles. The van der Waals surface area contributed by atoms with Gasteiger partial charge in [-0.1, -0.05) is 5.11 Å². The number of nitrogen functional groups attached to an aromatic ring is 1. The van der Waals surface area contributed by atoms with Gasteiger partial charge in [-0.25, -0.2) is 4.79 Å². The van der Waals surface area contributed by atoms with Crippen molar-refractivity contribution in [3.05, 3.63) is 33.2 Å². The molecular weight excluding hydrogens is 291 g/mol. The van der Waals surface area contributed by atoms with Crippen molar-refractivity contribution in [1.29, 1.82) is 0 Å². The number of anilines is 1. The van der Waals surface area contributed by atoms with E-state index in [-0.39, 0.29) is 18.9 Å². The molecule has 4 N–H and O–H groups in total. The molecule has 12 heteroatoms. The first-order chi connectivity index (χ1) is 9.31. The van der Waals surface area contributed by atoms with Crippen LogP contribution in [0.1, 0.15) is 0 Å². The van der Waals surface area contributed by atoms with Crippen LogP contribution < -0.4 is 11.4 Å². The molecule has 0 aliphatic heterocycles. The highest BCUT2D eigenvalue weighted by molar-refractivity contribution is 7.51. The van der Waals surface area contributed by atoms with Crippen LogP contribution in [0.4, 0.5) is 5.82 Å². The van der Waals surface area contributed by atoms with Gasteiger partial charge in [0.15, 0.2) is 0 Å². The summed E-state index contributed by atoms with van der Waals surface area (Å²) in [6.07, 6.45) is -0.355. The van der Waals surface area contributed by atoms with Gasteiger partial charge in [0, 0.05) is 11.1 Å². The molecule has 0 amide bonds. The Kier molecular flexibility index (Phi) is 5.68. The van der Waals surface area contributed by atoms with Gasteiger partial charge in [-0.3, -0.25) is 9.13 Å². The van der Waals surface area contributed by atoms with Crippen molar-refractivity contribution in [3.8, 4) is 0 Å². The molecule has 0 aromatic carbocycles. The molecule has 0 saturated heterocycles. The smallest absolute Gasteiger partial charge is 0.350 e. The van der Waals surface area contributed by atoms with E-state index >= 15 is 0 Å². The third kappa shape index (κ3) is 5.83. The van der Waals surface area contributed by atoms with Crippen LogP contribution in [-0.4, -0.2) is 38.3 Å². The Hall–Kier alpha value is -1.90. The Balaban J connectivity index is 2.80. The van der Waals surface area contributed by atoms with Crippen molar-refractivity contribution < 1.29 is 19.1 Å². The summed E-state index contributed by atoms with van der Waals surface area (Å²) in [6, 6.07) is 1.38. The van der Waals surface area contributed by atoms with E-state index in [0.717, 1.165) is 4.57 Å². The largest absolute Gasteiger partial charge is 0.383 e. The maximum Gasteiger partial charge on any atom is 0.350 e. The van der Waals surface area contributed by atoms with Crippen LogP contribution in [0.15, 0.2) is 22.2 Å². The van der Waals surface area contributed by atoms with Crippen LogP contribution in [0.5, 0.6) is 0 Å². The van der Waals surface area contributed by atoms with E-state index in [1.807, 2.05) is 0 Å². The molecule has 0 spiro atoms. The predicted octanol–water partition coefficient (Wildman–Crippen LogP) is -0.344. The van der Waals surface area contributed by atoms with Crippen LogP contribution in [0, 0.1) is 0 Å². The van der Waals surface area contributed by atoms with E-state index in [4.69, 9.17) is 25.8 Å². The molecule has 0 aliphatic rings. The van der Waals surface area contributed by atoms with Crippen LogP contribution in [0.3, 0.4) is 0 Å². The molecule has 110 valence electrons. The van der Waals surface area contributed by atoms with Gasteiger partial charge in [-0.05, 0) is 11.6 Å². The topological polar surface area (TPSA) is 176 Å². The summed E-state index contributed by atoms with van der Waals surface area (Å²) in [5, 5.41) is 3.26. The summed E-state index contributed by atoms with van der Waals surface area (Å²) >= 11 is 0. The van der Waals surface area contributed by atoms with E-state index in [9.17, 15) is 9.36 Å². The summed E-state index contributed by atoms with van der Waals surface area (Å²) in [6.45, 7) is -0.265. The Morgan fingerprint density at radius 1 is 1.65 bits per heavy atom. The number of aromatic nitrogens is 2. The monoisotopic (exact) mass is 304 g/mol. The Labute approximate surface area is 112 Å². The molecule has 0 bridgehead atoms. The summed E-state index contributed by atoms with van der Waals surface area (Å²) in [5.74, 6) is 0.0500. The second kappa shape index (κ2) is 7.04. The van der Waals surface area contributed by atoms with Gasteiger partial charge in [0.25, 0.3) is 0 Å². The molecule has 20 heavy (non-hydrogen) atoms. The normalized spacial score (nSPS) is 12.7. The predicted molar refractivity (Wildman–Crippen MR) is 68.7 cm³/mol. The molecule has 0 fully saturated rings. The fraction of sp³-hybridized carbons (Fsp3) is 0.500. The van der Waals surface area contributed by atoms with Crippen molar-refractivity contribution in [1.82, 2.24) is 9.55 Å². The number of nitrogens with zero attached hydrogens (tertiary/aromatic N) is 5. The Morgan fingerprint density at radius 3 is 2.90 bits per heavy atom. The lowest BCUT2D eigenvalue weighted by atomic mass is 10.3. The van der Waals surface area contributed by atoms with Gasteiger partial charge in [0.2, 0.25) is 0 Å². The zero-order valence-corrected chi connectivity index (χ0v) is 11.1. The van der Waals surface area contributed by atoms with E-state index in [2.05, 4.69) is 15.0 Å². The highest BCUT2D eigenvalue weighted by Gasteiger charge is 2.18. The SMILES string of the molecule is [N-]=[N+]=NC[C@@H](Cn1ccc(N)nc1=O)OCP(=O)(O)O. The summed E-state index contributed by atoms with van der Waals surface area (Å²) in [4.78, 5) is 35.0. The molecule has 1 rings (SSSR count). The zero-order valence-electron chi connectivity index (χ0n) is 10.2. The van der Waals surface area contributed by atoms with Crippen molar-refractivity contribution >= 4 is 13.4 Å². The minimum absolute atomic E-state index is 0.0500. The first kappa shape index (κ1) is 16.2. The Bertz CT molecular complexity index is 606. The average molecular weight is 304 g/mol. The molecule has 1 aromatic rings. The van der Waals surface area contributed by atoms with Gasteiger partial charge in [0.05, 0.1) is 19.2 Å². The molecule has 11 nitrogen and oxygen atoms in total. The minimum Gasteiger partial charge on any atom is -0.383 e. The minimum atomic E-state index is -4.36. The molecule has 0 radical (unpaired) electrons. The van der Waals surface area contributed by atoms with Crippen molar-refractivity contribution in [2.45, 2.75) is 12.6 Å². The van der Waals surface area contributed by atoms with Gasteiger partial charge in [-0.2, -0.15) is 4.98 Å². The van der Waals surface area contributed by atoms with Crippen LogP contribution >= 0.6 is 7.60 Å². The summed E-state index contributed by atoms with van der Waals surface area (Å²) in [7, 11) is -4.36. The van der Waals surface area contributed by atoms with Gasteiger partial charge >= 0.3 is 13.3 Å². The third-order valence-corrected chi connectivity index (χ3v) is 2.61. The standard InChI is InChI=1S/C8H13N6O5P/c9-7-1-2-14(8(15)12-7)4-6(3-11-13-10)19-5-20(16,17)18/h1-2,6H,3-5H2,(H2,9,12,15)(H2,16,17,18)/t6-/m0/s1. The van der Waals surface area contributed by atoms with Gasteiger partial charge in [0.1, 0.15) is 12.2 Å². The number of hydrogen-bond acceptors (Lipinski definition) is 6. The lowest BCUT2D eigenvalue weighted by Gasteiger charge is -2.17. The lowest BCUT2D eigenvalue weighted by molar-refractivity contribution is 0.0675.